The number of aryl methyl sites for hydroxylation is 2. The molecule has 27 heavy (non-hydrogen) atoms. The molecule has 0 saturated carbocycles. The van der Waals surface area contributed by atoms with Crippen molar-refractivity contribution in [2.45, 2.75) is 25.3 Å². The van der Waals surface area contributed by atoms with Gasteiger partial charge in [0.25, 0.3) is 0 Å². The van der Waals surface area contributed by atoms with Crippen LogP contribution in [0.3, 0.4) is 0 Å². The number of sulfonamides is 1. The van der Waals surface area contributed by atoms with E-state index in [1.807, 2.05) is 13.0 Å². The summed E-state index contributed by atoms with van der Waals surface area (Å²) in [5.74, 6) is 1.87. The first-order valence-electron chi connectivity index (χ1n) is 8.70. The van der Waals surface area contributed by atoms with Gasteiger partial charge in [-0.3, -0.25) is 0 Å². The number of ether oxygens (including phenoxy) is 2. The van der Waals surface area contributed by atoms with Crippen molar-refractivity contribution in [3.63, 3.8) is 0 Å². The largest absolute Gasteiger partial charge is 0.496 e. The molecule has 1 saturated heterocycles. The maximum atomic E-state index is 12.6. The monoisotopic (exact) mass is 392 g/mol. The van der Waals surface area contributed by atoms with Crippen molar-refractivity contribution in [2.24, 2.45) is 0 Å². The number of benzene rings is 1. The van der Waals surface area contributed by atoms with E-state index >= 15 is 0 Å². The standard InChI is InChI=1S/C18H24N4O4S/c1-13-10-15(4-5-16(13)25-3)27(23,24)19-12-17-20-14(2)11-18(21-17)22-6-8-26-9-7-22/h4-5,10-11,19H,6-9,12H2,1-3H3. The normalized spacial score (nSPS) is 15.0. The molecule has 0 amide bonds. The van der Waals surface area contributed by atoms with Crippen molar-refractivity contribution in [1.82, 2.24) is 14.7 Å². The smallest absolute Gasteiger partial charge is 0.240 e. The molecular formula is C18H24N4O4S. The Bertz CT molecular complexity index is 912. The van der Waals surface area contributed by atoms with Crippen LogP contribution in [0.4, 0.5) is 5.82 Å². The van der Waals surface area contributed by atoms with Crippen LogP contribution in [0.2, 0.25) is 0 Å². The van der Waals surface area contributed by atoms with E-state index in [4.69, 9.17) is 9.47 Å². The van der Waals surface area contributed by atoms with Crippen LogP contribution in [0.5, 0.6) is 5.75 Å². The van der Waals surface area contributed by atoms with Crippen LogP contribution < -0.4 is 14.4 Å². The predicted molar refractivity (Wildman–Crippen MR) is 102 cm³/mol. The lowest BCUT2D eigenvalue weighted by molar-refractivity contribution is 0.122. The highest BCUT2D eigenvalue weighted by Gasteiger charge is 2.18. The van der Waals surface area contributed by atoms with E-state index in [0.29, 0.717) is 24.8 Å². The van der Waals surface area contributed by atoms with Gasteiger partial charge in [-0.1, -0.05) is 0 Å². The SMILES string of the molecule is COc1ccc(S(=O)(=O)NCc2nc(C)cc(N3CCOCC3)n2)cc1C. The maximum absolute atomic E-state index is 12.6. The molecule has 0 radical (unpaired) electrons. The van der Waals surface area contributed by atoms with Gasteiger partial charge in [-0.05, 0) is 37.6 Å². The zero-order valence-electron chi connectivity index (χ0n) is 15.7. The molecule has 0 spiro atoms. The molecule has 2 heterocycles. The third-order valence-corrected chi connectivity index (χ3v) is 5.72. The van der Waals surface area contributed by atoms with Gasteiger partial charge >= 0.3 is 0 Å². The van der Waals surface area contributed by atoms with Crippen LogP contribution in [0, 0.1) is 13.8 Å². The van der Waals surface area contributed by atoms with E-state index in [-0.39, 0.29) is 11.4 Å². The first-order chi connectivity index (χ1) is 12.9. The summed E-state index contributed by atoms with van der Waals surface area (Å²) in [6, 6.07) is 6.64. The molecule has 1 N–H and O–H groups in total. The highest BCUT2D eigenvalue weighted by Crippen LogP contribution is 2.21. The van der Waals surface area contributed by atoms with Crippen LogP contribution in [0.15, 0.2) is 29.2 Å². The molecule has 1 aromatic carbocycles. The minimum Gasteiger partial charge on any atom is -0.496 e. The van der Waals surface area contributed by atoms with Gasteiger partial charge in [0.05, 0.1) is 31.8 Å². The number of aromatic nitrogens is 2. The summed E-state index contributed by atoms with van der Waals surface area (Å²) in [6.45, 7) is 6.52. The van der Waals surface area contributed by atoms with Crippen LogP contribution in [0.25, 0.3) is 0 Å². The van der Waals surface area contributed by atoms with Gasteiger partial charge in [-0.2, -0.15) is 0 Å². The number of hydrogen-bond donors (Lipinski definition) is 1. The van der Waals surface area contributed by atoms with E-state index in [9.17, 15) is 8.42 Å². The van der Waals surface area contributed by atoms with Crippen molar-refractivity contribution < 1.29 is 17.9 Å². The van der Waals surface area contributed by atoms with Gasteiger partial charge in [-0.25, -0.2) is 23.1 Å². The van der Waals surface area contributed by atoms with Crippen LogP contribution in [0.1, 0.15) is 17.1 Å². The molecule has 3 rings (SSSR count). The number of nitrogens with zero attached hydrogens (tertiary/aromatic N) is 3. The molecule has 8 nitrogen and oxygen atoms in total. The maximum Gasteiger partial charge on any atom is 0.240 e. The second-order valence-electron chi connectivity index (χ2n) is 6.34. The van der Waals surface area contributed by atoms with Crippen molar-refractivity contribution in [2.75, 3.05) is 38.3 Å². The molecule has 0 atom stereocenters. The lowest BCUT2D eigenvalue weighted by atomic mass is 10.2. The number of anilines is 1. The quantitative estimate of drug-likeness (QED) is 0.794. The van der Waals surface area contributed by atoms with Crippen molar-refractivity contribution >= 4 is 15.8 Å². The average Bonchev–Trinajstić information content (AvgIpc) is 2.67. The first kappa shape index (κ1) is 19.5. The fourth-order valence-corrected chi connectivity index (χ4v) is 3.97. The molecule has 1 aromatic heterocycles. The molecule has 0 aliphatic carbocycles. The summed E-state index contributed by atoms with van der Waals surface area (Å²) in [5, 5.41) is 0. The third-order valence-electron chi connectivity index (χ3n) is 4.32. The van der Waals surface area contributed by atoms with E-state index in [1.54, 1.807) is 26.2 Å². The van der Waals surface area contributed by atoms with E-state index in [0.717, 1.165) is 30.2 Å². The van der Waals surface area contributed by atoms with Crippen LogP contribution in [-0.4, -0.2) is 51.8 Å². The number of rotatable bonds is 6. The van der Waals surface area contributed by atoms with Gasteiger partial charge in [0.1, 0.15) is 17.4 Å². The summed E-state index contributed by atoms with van der Waals surface area (Å²) in [4.78, 5) is 11.2. The molecule has 9 heteroatoms. The Hall–Kier alpha value is -2.23. The van der Waals surface area contributed by atoms with Crippen molar-refractivity contribution in [3.8, 4) is 5.75 Å². The lowest BCUT2D eigenvalue weighted by Crippen LogP contribution is -2.37. The Balaban J connectivity index is 1.75. The summed E-state index contributed by atoms with van der Waals surface area (Å²) in [6.07, 6.45) is 0. The summed E-state index contributed by atoms with van der Waals surface area (Å²) in [7, 11) is -2.12. The topological polar surface area (TPSA) is 93.7 Å². The van der Waals surface area contributed by atoms with Crippen LogP contribution >= 0.6 is 0 Å². The molecule has 1 aliphatic heterocycles. The number of hydrogen-bond acceptors (Lipinski definition) is 7. The zero-order valence-corrected chi connectivity index (χ0v) is 16.5. The molecule has 0 unspecified atom stereocenters. The third kappa shape index (κ3) is 4.74. The Kier molecular flexibility index (Phi) is 5.93. The van der Waals surface area contributed by atoms with Crippen molar-refractivity contribution in [1.29, 1.82) is 0 Å². The van der Waals surface area contributed by atoms with Gasteiger partial charge in [0.15, 0.2) is 0 Å². The molecule has 2 aromatic rings. The first-order valence-corrected chi connectivity index (χ1v) is 10.2. The number of morpholine rings is 1. The summed E-state index contributed by atoms with van der Waals surface area (Å²) < 4.78 is 38.3. The van der Waals surface area contributed by atoms with Gasteiger partial charge in [0.2, 0.25) is 10.0 Å². The minimum absolute atomic E-state index is 0.0203. The molecule has 146 valence electrons. The molecule has 0 bridgehead atoms. The number of nitrogens with one attached hydrogen (secondary N) is 1. The van der Waals surface area contributed by atoms with Crippen molar-refractivity contribution in [3.05, 3.63) is 41.3 Å². The zero-order chi connectivity index (χ0) is 19.4. The minimum atomic E-state index is -3.68. The Morgan fingerprint density at radius 1 is 1.19 bits per heavy atom. The highest BCUT2D eigenvalue weighted by atomic mass is 32.2. The lowest BCUT2D eigenvalue weighted by Gasteiger charge is -2.28. The molecule has 1 fully saturated rings. The fraction of sp³-hybridized carbons (Fsp3) is 0.444. The average molecular weight is 392 g/mol. The molecular weight excluding hydrogens is 368 g/mol. The highest BCUT2D eigenvalue weighted by molar-refractivity contribution is 7.89. The molecule has 1 aliphatic rings. The fourth-order valence-electron chi connectivity index (χ4n) is 2.91. The van der Waals surface area contributed by atoms with E-state index in [2.05, 4.69) is 19.6 Å². The Morgan fingerprint density at radius 2 is 1.93 bits per heavy atom. The van der Waals surface area contributed by atoms with Gasteiger partial charge in [-0.15, -0.1) is 0 Å². The Labute approximate surface area is 159 Å². The second-order valence-corrected chi connectivity index (χ2v) is 8.11. The van der Waals surface area contributed by atoms with Gasteiger partial charge in [0, 0.05) is 24.8 Å². The number of methoxy groups -OCH3 is 1. The van der Waals surface area contributed by atoms with E-state index < -0.39 is 10.0 Å². The Morgan fingerprint density at radius 3 is 2.59 bits per heavy atom. The summed E-state index contributed by atoms with van der Waals surface area (Å²) in [5.41, 5.74) is 1.54. The van der Waals surface area contributed by atoms with Crippen LogP contribution in [-0.2, 0) is 21.3 Å². The van der Waals surface area contributed by atoms with E-state index in [1.165, 1.54) is 6.07 Å². The predicted octanol–water partition coefficient (Wildman–Crippen LogP) is 1.42. The second kappa shape index (κ2) is 8.20. The van der Waals surface area contributed by atoms with Gasteiger partial charge < -0.3 is 14.4 Å². The summed E-state index contributed by atoms with van der Waals surface area (Å²) >= 11 is 0.